The fourth-order valence-corrected chi connectivity index (χ4v) is 1.74. The van der Waals surface area contributed by atoms with Crippen LogP contribution in [0.5, 0.6) is 5.75 Å². The van der Waals surface area contributed by atoms with E-state index in [0.29, 0.717) is 24.1 Å². The maximum Gasteiger partial charge on any atom is 0.316 e. The van der Waals surface area contributed by atoms with Gasteiger partial charge in [-0.15, -0.1) is 0 Å². The fourth-order valence-electron chi connectivity index (χ4n) is 1.31. The molecule has 18 heavy (non-hydrogen) atoms. The van der Waals surface area contributed by atoms with Crippen LogP contribution in [0, 0.1) is 0 Å². The molecule has 0 aromatic heterocycles. The Labute approximate surface area is 115 Å². The molecule has 1 aromatic rings. The predicted molar refractivity (Wildman–Crippen MR) is 74.6 cm³/mol. The van der Waals surface area contributed by atoms with E-state index in [1.807, 2.05) is 12.1 Å². The van der Waals surface area contributed by atoms with Crippen LogP contribution >= 0.6 is 15.9 Å². The Bertz CT molecular complexity index is 410. The third kappa shape index (κ3) is 4.93. The minimum Gasteiger partial charge on any atom is -0.507 e. The molecule has 0 aliphatic rings. The van der Waals surface area contributed by atoms with Gasteiger partial charge < -0.3 is 20.6 Å². The lowest BCUT2D eigenvalue weighted by Gasteiger charge is -2.12. The molecule has 0 aliphatic heterocycles. The van der Waals surface area contributed by atoms with Crippen LogP contribution in [-0.2, 0) is 6.54 Å². The summed E-state index contributed by atoms with van der Waals surface area (Å²) >= 11 is 3.26. The first-order valence-electron chi connectivity index (χ1n) is 5.64. The highest BCUT2D eigenvalue weighted by atomic mass is 79.9. The maximum absolute atomic E-state index is 11.2. The van der Waals surface area contributed by atoms with Gasteiger partial charge in [0.05, 0.1) is 4.47 Å². The number of rotatable bonds is 5. The molecule has 0 unspecified atom stereocenters. The van der Waals surface area contributed by atoms with Gasteiger partial charge in [0, 0.05) is 33.7 Å². The van der Waals surface area contributed by atoms with Crippen LogP contribution in [0.1, 0.15) is 5.56 Å². The second-order valence-corrected chi connectivity index (χ2v) is 4.94. The first-order chi connectivity index (χ1) is 8.50. The van der Waals surface area contributed by atoms with Crippen molar-refractivity contribution in [3.05, 3.63) is 28.2 Å². The molecule has 5 nitrogen and oxygen atoms in total. The zero-order valence-electron chi connectivity index (χ0n) is 10.5. The van der Waals surface area contributed by atoms with Crippen molar-refractivity contribution in [3.8, 4) is 5.75 Å². The number of hydrogen-bond acceptors (Lipinski definition) is 3. The zero-order valence-corrected chi connectivity index (χ0v) is 12.1. The van der Waals surface area contributed by atoms with Crippen LogP contribution in [0.25, 0.3) is 0 Å². The van der Waals surface area contributed by atoms with E-state index < -0.39 is 0 Å². The van der Waals surface area contributed by atoms with E-state index in [2.05, 4.69) is 26.6 Å². The molecule has 1 rings (SSSR count). The lowest BCUT2D eigenvalue weighted by molar-refractivity contribution is 0.217. The molecule has 3 N–H and O–H groups in total. The topological polar surface area (TPSA) is 64.6 Å². The van der Waals surface area contributed by atoms with E-state index in [9.17, 15) is 9.90 Å². The molecule has 0 spiro atoms. The number of amides is 2. The molecule has 1 aromatic carbocycles. The lowest BCUT2D eigenvalue weighted by Crippen LogP contribution is -2.38. The van der Waals surface area contributed by atoms with Crippen LogP contribution < -0.4 is 10.6 Å². The minimum absolute atomic E-state index is 0.0934. The molecule has 0 aliphatic carbocycles. The van der Waals surface area contributed by atoms with E-state index in [0.717, 1.165) is 5.56 Å². The van der Waals surface area contributed by atoms with Crippen molar-refractivity contribution in [1.29, 1.82) is 0 Å². The number of nitrogens with one attached hydrogen (secondary N) is 2. The van der Waals surface area contributed by atoms with Crippen LogP contribution in [0.15, 0.2) is 22.7 Å². The molecule has 100 valence electrons. The van der Waals surface area contributed by atoms with Crippen molar-refractivity contribution in [3.63, 3.8) is 0 Å². The zero-order chi connectivity index (χ0) is 13.5. The molecular weight excluding hydrogens is 298 g/mol. The Morgan fingerprint density at radius 3 is 2.72 bits per heavy atom. The summed E-state index contributed by atoms with van der Waals surface area (Å²) in [6, 6.07) is 5.27. The summed E-state index contributed by atoms with van der Waals surface area (Å²) in [4.78, 5) is 12.7. The summed E-state index contributed by atoms with van der Waals surface area (Å²) in [7, 11) is 3.41. The molecule has 0 heterocycles. The SMILES string of the molecule is CN(C)C(=O)NCCNCc1ccc(O)c(Br)c1. The number of urea groups is 1. The molecule has 0 radical (unpaired) electrons. The molecule has 0 atom stereocenters. The fraction of sp³-hybridized carbons (Fsp3) is 0.417. The van der Waals surface area contributed by atoms with Gasteiger partial charge in [-0.3, -0.25) is 0 Å². The van der Waals surface area contributed by atoms with Crippen molar-refractivity contribution in [2.75, 3.05) is 27.2 Å². The van der Waals surface area contributed by atoms with Crippen molar-refractivity contribution in [1.82, 2.24) is 15.5 Å². The largest absolute Gasteiger partial charge is 0.507 e. The average molecular weight is 316 g/mol. The Morgan fingerprint density at radius 2 is 2.11 bits per heavy atom. The summed E-state index contributed by atoms with van der Waals surface area (Å²) in [6.07, 6.45) is 0. The van der Waals surface area contributed by atoms with Gasteiger partial charge in [0.2, 0.25) is 0 Å². The molecule has 2 amide bonds. The Hall–Kier alpha value is -1.27. The Kier molecular flexibility index (Phi) is 5.94. The van der Waals surface area contributed by atoms with Gasteiger partial charge >= 0.3 is 6.03 Å². The molecule has 0 bridgehead atoms. The summed E-state index contributed by atoms with van der Waals surface area (Å²) in [6.45, 7) is 1.96. The number of nitrogens with zero attached hydrogens (tertiary/aromatic N) is 1. The third-order valence-electron chi connectivity index (χ3n) is 2.33. The number of phenols is 1. The number of carbonyl (C=O) groups excluding carboxylic acids is 1. The number of carbonyl (C=O) groups is 1. The number of hydrogen-bond donors (Lipinski definition) is 3. The molecule has 0 saturated carbocycles. The third-order valence-corrected chi connectivity index (χ3v) is 2.96. The molecule has 6 heteroatoms. The second kappa shape index (κ2) is 7.23. The van der Waals surface area contributed by atoms with Crippen LogP contribution in [0.3, 0.4) is 0 Å². The normalized spacial score (nSPS) is 10.2. The highest BCUT2D eigenvalue weighted by Crippen LogP contribution is 2.23. The summed E-state index contributed by atoms with van der Waals surface area (Å²) in [5, 5.41) is 15.3. The van der Waals surface area contributed by atoms with Gasteiger partial charge in [-0.1, -0.05) is 6.07 Å². The smallest absolute Gasteiger partial charge is 0.316 e. The average Bonchev–Trinajstić information content (AvgIpc) is 2.32. The first-order valence-corrected chi connectivity index (χ1v) is 6.43. The minimum atomic E-state index is -0.0934. The number of benzene rings is 1. The van der Waals surface area contributed by atoms with E-state index in [4.69, 9.17) is 0 Å². The monoisotopic (exact) mass is 315 g/mol. The first kappa shape index (κ1) is 14.8. The standard InChI is InChI=1S/C12H18BrN3O2/c1-16(2)12(18)15-6-5-14-8-9-3-4-11(17)10(13)7-9/h3-4,7,14,17H,5-6,8H2,1-2H3,(H,15,18). The van der Waals surface area contributed by atoms with Gasteiger partial charge in [-0.25, -0.2) is 4.79 Å². The predicted octanol–water partition coefficient (Wildman–Crippen LogP) is 1.52. The summed E-state index contributed by atoms with van der Waals surface area (Å²) in [5.74, 6) is 0.233. The van der Waals surface area contributed by atoms with E-state index >= 15 is 0 Å². The summed E-state index contributed by atoms with van der Waals surface area (Å²) in [5.41, 5.74) is 1.07. The number of halogens is 1. The van der Waals surface area contributed by atoms with Crippen LogP contribution in [0.4, 0.5) is 4.79 Å². The highest BCUT2D eigenvalue weighted by Gasteiger charge is 2.01. The second-order valence-electron chi connectivity index (χ2n) is 4.09. The van der Waals surface area contributed by atoms with Crippen molar-refractivity contribution in [2.24, 2.45) is 0 Å². The molecule has 0 saturated heterocycles. The summed E-state index contributed by atoms with van der Waals surface area (Å²) < 4.78 is 0.683. The molecular formula is C12H18BrN3O2. The van der Waals surface area contributed by atoms with Gasteiger partial charge in [-0.2, -0.15) is 0 Å². The number of phenolic OH excluding ortho intramolecular Hbond substituents is 1. The quantitative estimate of drug-likeness (QED) is 0.722. The Morgan fingerprint density at radius 1 is 1.39 bits per heavy atom. The molecule has 0 fully saturated rings. The van der Waals surface area contributed by atoms with Gasteiger partial charge in [0.1, 0.15) is 5.75 Å². The highest BCUT2D eigenvalue weighted by molar-refractivity contribution is 9.10. The lowest BCUT2D eigenvalue weighted by atomic mass is 10.2. The Balaban J connectivity index is 2.22. The van der Waals surface area contributed by atoms with Crippen molar-refractivity contribution < 1.29 is 9.90 Å². The number of aromatic hydroxyl groups is 1. The van der Waals surface area contributed by atoms with Crippen LogP contribution in [0.2, 0.25) is 0 Å². The van der Waals surface area contributed by atoms with Gasteiger partial charge in [0.25, 0.3) is 0 Å². The van der Waals surface area contributed by atoms with E-state index in [-0.39, 0.29) is 11.8 Å². The van der Waals surface area contributed by atoms with Gasteiger partial charge in [-0.05, 0) is 33.6 Å². The van der Waals surface area contributed by atoms with Crippen LogP contribution in [-0.4, -0.2) is 43.2 Å². The van der Waals surface area contributed by atoms with Gasteiger partial charge in [0.15, 0.2) is 0 Å². The van der Waals surface area contributed by atoms with Crippen molar-refractivity contribution in [2.45, 2.75) is 6.54 Å². The van der Waals surface area contributed by atoms with E-state index in [1.54, 1.807) is 20.2 Å². The van der Waals surface area contributed by atoms with E-state index in [1.165, 1.54) is 4.90 Å². The van der Waals surface area contributed by atoms with Crippen molar-refractivity contribution >= 4 is 22.0 Å². The maximum atomic E-state index is 11.2.